The molecule has 0 amide bonds. The van der Waals surface area contributed by atoms with Crippen molar-refractivity contribution in [3.8, 4) is 0 Å². The average molecular weight is 289 g/mol. The van der Waals surface area contributed by atoms with Crippen LogP contribution in [0, 0.1) is 6.92 Å². The van der Waals surface area contributed by atoms with E-state index in [1.54, 1.807) is 13.3 Å². The van der Waals surface area contributed by atoms with Gasteiger partial charge in [0, 0.05) is 26.9 Å². The van der Waals surface area contributed by atoms with E-state index in [4.69, 9.17) is 4.74 Å². The molecule has 0 spiro atoms. The number of aryl methyl sites for hydroxylation is 1. The van der Waals surface area contributed by atoms with Crippen LogP contribution < -0.4 is 4.90 Å². The highest BCUT2D eigenvalue weighted by Gasteiger charge is 2.13. The first kappa shape index (κ1) is 13.4. The zero-order chi connectivity index (χ0) is 12.1. The predicted molar refractivity (Wildman–Crippen MR) is 67.8 cm³/mol. The van der Waals surface area contributed by atoms with Crippen LogP contribution >= 0.6 is 15.9 Å². The molecule has 0 aliphatic heterocycles. The molecule has 0 bridgehead atoms. The first-order valence-corrected chi connectivity index (χ1v) is 5.84. The summed E-state index contributed by atoms with van der Waals surface area (Å²) in [6, 6.07) is 1.94. The fraction of sp³-hybridized carbons (Fsp3) is 0.545. The van der Waals surface area contributed by atoms with E-state index in [-0.39, 0.29) is 0 Å². The molecule has 1 N–H and O–H groups in total. The molecule has 0 aliphatic carbocycles. The zero-order valence-electron chi connectivity index (χ0n) is 9.77. The third-order valence-corrected chi connectivity index (χ3v) is 3.25. The Labute approximate surface area is 104 Å². The highest BCUT2D eigenvalue weighted by molar-refractivity contribution is 9.10. The van der Waals surface area contributed by atoms with Gasteiger partial charge < -0.3 is 14.7 Å². The average Bonchev–Trinajstić information content (AvgIpc) is 2.22. The minimum atomic E-state index is -0.510. The molecule has 1 atom stereocenters. The summed E-state index contributed by atoms with van der Waals surface area (Å²) in [7, 11) is 3.47. The van der Waals surface area contributed by atoms with Crippen LogP contribution in [0.5, 0.6) is 0 Å². The number of pyridine rings is 1. The van der Waals surface area contributed by atoms with Crippen LogP contribution in [0.1, 0.15) is 5.56 Å². The van der Waals surface area contributed by atoms with E-state index in [2.05, 4.69) is 20.9 Å². The van der Waals surface area contributed by atoms with Crippen LogP contribution in [-0.4, -0.2) is 43.5 Å². The Morgan fingerprint density at radius 3 is 2.94 bits per heavy atom. The minimum Gasteiger partial charge on any atom is -0.389 e. The van der Waals surface area contributed by atoms with Gasteiger partial charge >= 0.3 is 0 Å². The van der Waals surface area contributed by atoms with Crippen molar-refractivity contribution in [1.29, 1.82) is 0 Å². The number of aromatic nitrogens is 1. The number of aliphatic hydroxyl groups excluding tert-OH is 1. The highest BCUT2D eigenvalue weighted by atomic mass is 79.9. The van der Waals surface area contributed by atoms with E-state index in [0.717, 1.165) is 15.9 Å². The van der Waals surface area contributed by atoms with Crippen molar-refractivity contribution in [2.24, 2.45) is 0 Å². The molecule has 1 aromatic rings. The van der Waals surface area contributed by atoms with Crippen LogP contribution in [0.4, 0.5) is 5.82 Å². The first-order chi connectivity index (χ1) is 7.56. The third-order valence-electron chi connectivity index (χ3n) is 2.27. The fourth-order valence-corrected chi connectivity index (χ4v) is 1.98. The maximum Gasteiger partial charge on any atom is 0.142 e. The van der Waals surface area contributed by atoms with Crippen molar-refractivity contribution in [3.05, 3.63) is 22.3 Å². The van der Waals surface area contributed by atoms with Crippen LogP contribution in [-0.2, 0) is 4.74 Å². The summed E-state index contributed by atoms with van der Waals surface area (Å²) in [6.07, 6.45) is 1.25. The van der Waals surface area contributed by atoms with Gasteiger partial charge in [-0.3, -0.25) is 0 Å². The molecule has 1 heterocycles. The van der Waals surface area contributed by atoms with Crippen molar-refractivity contribution in [2.75, 3.05) is 32.2 Å². The molecule has 0 aliphatic rings. The molecular weight excluding hydrogens is 272 g/mol. The smallest absolute Gasteiger partial charge is 0.142 e. The lowest BCUT2D eigenvalue weighted by Crippen LogP contribution is -2.32. The van der Waals surface area contributed by atoms with Gasteiger partial charge in [-0.05, 0) is 34.5 Å². The Morgan fingerprint density at radius 2 is 2.31 bits per heavy atom. The summed E-state index contributed by atoms with van der Waals surface area (Å²) < 4.78 is 5.85. The Hall–Kier alpha value is -0.650. The lowest BCUT2D eigenvalue weighted by Gasteiger charge is -2.22. The zero-order valence-corrected chi connectivity index (χ0v) is 11.4. The Kier molecular flexibility index (Phi) is 5.18. The molecule has 0 radical (unpaired) electrons. The minimum absolute atomic E-state index is 0.327. The molecule has 16 heavy (non-hydrogen) atoms. The second kappa shape index (κ2) is 6.18. The predicted octanol–water partition coefficient (Wildman–Crippen LogP) is 1.60. The van der Waals surface area contributed by atoms with E-state index < -0.39 is 6.10 Å². The third kappa shape index (κ3) is 3.43. The lowest BCUT2D eigenvalue weighted by atomic mass is 10.3. The Morgan fingerprint density at radius 1 is 1.62 bits per heavy atom. The molecule has 1 aromatic heterocycles. The standard InChI is InChI=1S/C11H17BrN2O2/c1-8-4-5-13-11(10(8)12)14(2)6-9(15)7-16-3/h4-5,9,15H,6-7H2,1-3H3. The second-order valence-electron chi connectivity index (χ2n) is 3.76. The van der Waals surface area contributed by atoms with Crippen LogP contribution in [0.3, 0.4) is 0 Å². The monoisotopic (exact) mass is 288 g/mol. The molecule has 90 valence electrons. The van der Waals surface area contributed by atoms with Crippen LogP contribution in [0.2, 0.25) is 0 Å². The first-order valence-electron chi connectivity index (χ1n) is 5.05. The van der Waals surface area contributed by atoms with Gasteiger partial charge in [-0.2, -0.15) is 0 Å². The van der Waals surface area contributed by atoms with Gasteiger partial charge in [-0.15, -0.1) is 0 Å². The number of ether oxygens (including phenoxy) is 1. The van der Waals surface area contributed by atoms with E-state index in [0.29, 0.717) is 13.2 Å². The number of halogens is 1. The topological polar surface area (TPSA) is 45.6 Å². The number of rotatable bonds is 5. The quantitative estimate of drug-likeness (QED) is 0.894. The SMILES string of the molecule is COCC(O)CN(C)c1nccc(C)c1Br. The van der Waals surface area contributed by atoms with Crippen molar-refractivity contribution in [3.63, 3.8) is 0 Å². The molecular formula is C11H17BrN2O2. The van der Waals surface area contributed by atoms with E-state index >= 15 is 0 Å². The normalized spacial score (nSPS) is 12.6. The van der Waals surface area contributed by atoms with Gasteiger partial charge in [0.1, 0.15) is 5.82 Å². The number of hydrogen-bond donors (Lipinski definition) is 1. The van der Waals surface area contributed by atoms with Gasteiger partial charge in [-0.25, -0.2) is 4.98 Å². The summed E-state index contributed by atoms with van der Waals surface area (Å²) in [4.78, 5) is 6.18. The van der Waals surface area contributed by atoms with Crippen molar-refractivity contribution in [2.45, 2.75) is 13.0 Å². The van der Waals surface area contributed by atoms with Gasteiger partial charge in [0.25, 0.3) is 0 Å². The molecule has 0 saturated carbocycles. The maximum absolute atomic E-state index is 9.63. The lowest BCUT2D eigenvalue weighted by molar-refractivity contribution is 0.0694. The largest absolute Gasteiger partial charge is 0.389 e. The van der Waals surface area contributed by atoms with E-state index in [1.165, 1.54) is 0 Å². The molecule has 0 aromatic carbocycles. The number of methoxy groups -OCH3 is 1. The highest BCUT2D eigenvalue weighted by Crippen LogP contribution is 2.25. The number of likely N-dealkylation sites (N-methyl/N-ethyl adjacent to an activating group) is 1. The summed E-state index contributed by atoms with van der Waals surface area (Å²) >= 11 is 3.49. The van der Waals surface area contributed by atoms with Crippen molar-refractivity contribution >= 4 is 21.7 Å². The Bertz CT molecular complexity index is 347. The fourth-order valence-electron chi connectivity index (χ4n) is 1.44. The number of hydrogen-bond acceptors (Lipinski definition) is 4. The molecule has 1 rings (SSSR count). The molecule has 5 heteroatoms. The summed E-state index contributed by atoms with van der Waals surface area (Å²) in [5.41, 5.74) is 1.12. The molecule has 0 saturated heterocycles. The van der Waals surface area contributed by atoms with Crippen molar-refractivity contribution < 1.29 is 9.84 Å². The second-order valence-corrected chi connectivity index (χ2v) is 4.55. The summed E-state index contributed by atoms with van der Waals surface area (Å²) in [5, 5.41) is 9.63. The molecule has 4 nitrogen and oxygen atoms in total. The number of anilines is 1. The number of aliphatic hydroxyl groups is 1. The van der Waals surface area contributed by atoms with Crippen LogP contribution in [0.25, 0.3) is 0 Å². The molecule has 0 fully saturated rings. The van der Waals surface area contributed by atoms with Crippen LogP contribution in [0.15, 0.2) is 16.7 Å². The Balaban J connectivity index is 2.72. The molecule has 1 unspecified atom stereocenters. The maximum atomic E-state index is 9.63. The summed E-state index contributed by atoms with van der Waals surface area (Å²) in [6.45, 7) is 2.82. The summed E-state index contributed by atoms with van der Waals surface area (Å²) in [5.74, 6) is 0.829. The van der Waals surface area contributed by atoms with Gasteiger partial charge in [-0.1, -0.05) is 0 Å². The van der Waals surface area contributed by atoms with Gasteiger partial charge in [0.15, 0.2) is 0 Å². The van der Waals surface area contributed by atoms with Gasteiger partial charge in [0.05, 0.1) is 17.2 Å². The van der Waals surface area contributed by atoms with Gasteiger partial charge in [0.2, 0.25) is 0 Å². The number of nitrogens with zero attached hydrogens (tertiary/aromatic N) is 2. The van der Waals surface area contributed by atoms with E-state index in [9.17, 15) is 5.11 Å². The van der Waals surface area contributed by atoms with Crippen molar-refractivity contribution in [1.82, 2.24) is 4.98 Å². The van der Waals surface area contributed by atoms with E-state index in [1.807, 2.05) is 24.9 Å².